The predicted octanol–water partition coefficient (Wildman–Crippen LogP) is 3.74. The first-order chi connectivity index (χ1) is 18.6. The van der Waals surface area contributed by atoms with E-state index in [1.54, 1.807) is 28.8 Å². The van der Waals surface area contributed by atoms with Crippen LogP contribution in [-0.2, 0) is 11.3 Å². The summed E-state index contributed by atoms with van der Waals surface area (Å²) in [5.41, 5.74) is 6.26. The highest BCUT2D eigenvalue weighted by Gasteiger charge is 2.34. The molecular formula is C28H29ClN6O4. The Morgan fingerprint density at radius 3 is 2.41 bits per heavy atom. The SMILES string of the molecule is CC(C)n1c(=O)n(CC2CC2)c(=O)c2cc(N(C(=O)N3CCC(C(N)=O)C3)c3ccc(C#N)c(Cl)c3)ccc21. The number of nitrogens with zero attached hydrogens (tertiary/aromatic N) is 5. The van der Waals surface area contributed by atoms with Crippen LogP contribution in [0.1, 0.15) is 44.7 Å². The van der Waals surface area contributed by atoms with E-state index in [1.807, 2.05) is 19.9 Å². The van der Waals surface area contributed by atoms with Gasteiger partial charge in [0.05, 0.1) is 38.8 Å². The maximum absolute atomic E-state index is 13.9. The van der Waals surface area contributed by atoms with E-state index in [0.717, 1.165) is 12.8 Å². The number of nitriles is 1. The molecule has 5 rings (SSSR count). The number of primary amides is 1. The smallest absolute Gasteiger partial charge is 0.331 e. The van der Waals surface area contributed by atoms with Gasteiger partial charge in [-0.2, -0.15) is 5.26 Å². The van der Waals surface area contributed by atoms with Crippen molar-refractivity contribution in [3.8, 4) is 6.07 Å². The number of urea groups is 1. The molecule has 11 heteroatoms. The number of halogens is 1. The summed E-state index contributed by atoms with van der Waals surface area (Å²) in [4.78, 5) is 55.5. The summed E-state index contributed by atoms with van der Waals surface area (Å²) >= 11 is 6.33. The molecule has 2 fully saturated rings. The average Bonchev–Trinajstić information content (AvgIpc) is 3.58. The van der Waals surface area contributed by atoms with Crippen LogP contribution in [0.2, 0.25) is 5.02 Å². The fraction of sp³-hybridized carbons (Fsp3) is 0.393. The first kappa shape index (κ1) is 26.5. The molecule has 1 aromatic heterocycles. The highest BCUT2D eigenvalue weighted by Crippen LogP contribution is 2.34. The van der Waals surface area contributed by atoms with Crippen LogP contribution in [0, 0.1) is 23.2 Å². The molecule has 10 nitrogen and oxygen atoms in total. The number of likely N-dealkylation sites (tertiary alicyclic amines) is 1. The lowest BCUT2D eigenvalue weighted by Gasteiger charge is -2.29. The van der Waals surface area contributed by atoms with Gasteiger partial charge in [0, 0.05) is 25.7 Å². The Balaban J connectivity index is 1.68. The van der Waals surface area contributed by atoms with Crippen molar-refractivity contribution in [2.75, 3.05) is 18.0 Å². The van der Waals surface area contributed by atoms with Gasteiger partial charge >= 0.3 is 11.7 Å². The van der Waals surface area contributed by atoms with Crippen molar-refractivity contribution in [1.29, 1.82) is 5.26 Å². The number of amides is 3. The minimum absolute atomic E-state index is 0.170. The van der Waals surface area contributed by atoms with E-state index in [1.165, 1.54) is 26.5 Å². The minimum Gasteiger partial charge on any atom is -0.369 e. The summed E-state index contributed by atoms with van der Waals surface area (Å²) in [7, 11) is 0. The molecule has 3 amide bonds. The summed E-state index contributed by atoms with van der Waals surface area (Å²) in [6.45, 7) is 4.64. The van der Waals surface area contributed by atoms with Gasteiger partial charge in [0.15, 0.2) is 0 Å². The van der Waals surface area contributed by atoms with Crippen LogP contribution in [0.15, 0.2) is 46.0 Å². The molecule has 1 saturated carbocycles. The van der Waals surface area contributed by atoms with Crippen LogP contribution in [0.4, 0.5) is 16.2 Å². The number of hydrogen-bond donors (Lipinski definition) is 1. The van der Waals surface area contributed by atoms with Crippen molar-refractivity contribution in [3.63, 3.8) is 0 Å². The van der Waals surface area contributed by atoms with Gasteiger partial charge in [-0.1, -0.05) is 11.6 Å². The van der Waals surface area contributed by atoms with Crippen molar-refractivity contribution in [2.45, 2.75) is 45.7 Å². The second kappa shape index (κ2) is 10.2. The minimum atomic E-state index is -0.466. The molecule has 0 bridgehead atoms. The molecule has 0 radical (unpaired) electrons. The molecule has 2 heterocycles. The molecular weight excluding hydrogens is 520 g/mol. The van der Waals surface area contributed by atoms with E-state index in [9.17, 15) is 24.4 Å². The van der Waals surface area contributed by atoms with Crippen molar-refractivity contribution in [2.24, 2.45) is 17.6 Å². The number of anilines is 2. The van der Waals surface area contributed by atoms with Gasteiger partial charge in [-0.3, -0.25) is 23.6 Å². The number of benzene rings is 2. The lowest BCUT2D eigenvalue weighted by Crippen LogP contribution is -2.42. The fourth-order valence-corrected chi connectivity index (χ4v) is 5.36. The van der Waals surface area contributed by atoms with Crippen LogP contribution >= 0.6 is 11.6 Å². The number of carbonyl (C=O) groups is 2. The molecule has 2 N–H and O–H groups in total. The van der Waals surface area contributed by atoms with E-state index in [4.69, 9.17) is 17.3 Å². The van der Waals surface area contributed by atoms with Crippen LogP contribution in [-0.4, -0.2) is 39.1 Å². The van der Waals surface area contributed by atoms with Crippen molar-refractivity contribution in [3.05, 3.63) is 67.8 Å². The van der Waals surface area contributed by atoms with Crippen LogP contribution in [0.3, 0.4) is 0 Å². The number of aromatic nitrogens is 2. The Morgan fingerprint density at radius 1 is 1.13 bits per heavy atom. The molecule has 1 unspecified atom stereocenters. The molecule has 0 spiro atoms. The monoisotopic (exact) mass is 548 g/mol. The number of hydrogen-bond acceptors (Lipinski definition) is 5. The first-order valence-corrected chi connectivity index (χ1v) is 13.4. The number of rotatable bonds is 6. The van der Waals surface area contributed by atoms with Gasteiger partial charge < -0.3 is 10.6 Å². The van der Waals surface area contributed by atoms with Gasteiger partial charge in [-0.15, -0.1) is 0 Å². The maximum atomic E-state index is 13.9. The van der Waals surface area contributed by atoms with Crippen LogP contribution < -0.4 is 21.9 Å². The van der Waals surface area contributed by atoms with Crippen molar-refractivity contribution in [1.82, 2.24) is 14.0 Å². The van der Waals surface area contributed by atoms with E-state index in [2.05, 4.69) is 0 Å². The Kier molecular flexibility index (Phi) is 6.95. The number of carbonyl (C=O) groups excluding carboxylic acids is 2. The topological polar surface area (TPSA) is 134 Å². The zero-order valence-electron chi connectivity index (χ0n) is 21.8. The van der Waals surface area contributed by atoms with Crippen LogP contribution in [0.5, 0.6) is 0 Å². The summed E-state index contributed by atoms with van der Waals surface area (Å²) in [5.74, 6) is -0.609. The fourth-order valence-electron chi connectivity index (χ4n) is 5.14. The molecule has 202 valence electrons. The Bertz CT molecular complexity index is 1650. The van der Waals surface area contributed by atoms with Gasteiger partial charge in [0.1, 0.15) is 6.07 Å². The second-order valence-electron chi connectivity index (χ2n) is 10.5. The third kappa shape index (κ3) is 4.90. The van der Waals surface area contributed by atoms with Gasteiger partial charge in [-0.05, 0) is 75.4 Å². The molecule has 2 aliphatic rings. The zero-order valence-corrected chi connectivity index (χ0v) is 22.5. The molecule has 1 atom stereocenters. The molecule has 1 aliphatic heterocycles. The van der Waals surface area contributed by atoms with E-state index in [-0.39, 0.29) is 28.9 Å². The Labute approximate surface area is 229 Å². The number of nitrogens with two attached hydrogens (primary N) is 1. The van der Waals surface area contributed by atoms with Gasteiger partial charge in [-0.25, -0.2) is 9.59 Å². The molecule has 3 aromatic rings. The third-order valence-corrected chi connectivity index (χ3v) is 7.76. The zero-order chi connectivity index (χ0) is 28.0. The molecule has 2 aromatic carbocycles. The summed E-state index contributed by atoms with van der Waals surface area (Å²) in [5, 5.41) is 9.82. The van der Waals surface area contributed by atoms with Crippen LogP contribution in [0.25, 0.3) is 10.9 Å². The van der Waals surface area contributed by atoms with Gasteiger partial charge in [0.2, 0.25) is 5.91 Å². The van der Waals surface area contributed by atoms with Crippen molar-refractivity contribution >= 4 is 45.8 Å². The third-order valence-electron chi connectivity index (χ3n) is 7.45. The average molecular weight is 549 g/mol. The number of fused-ring (bicyclic) bond motifs is 1. The van der Waals surface area contributed by atoms with E-state index >= 15 is 0 Å². The maximum Gasteiger partial charge on any atom is 0.331 e. The second-order valence-corrected chi connectivity index (χ2v) is 10.9. The summed E-state index contributed by atoms with van der Waals surface area (Å²) < 4.78 is 2.90. The van der Waals surface area contributed by atoms with Gasteiger partial charge in [0.25, 0.3) is 5.56 Å². The summed E-state index contributed by atoms with van der Waals surface area (Å²) in [6.07, 6.45) is 2.41. The molecule has 1 saturated heterocycles. The Hall–Kier alpha value is -4.10. The highest BCUT2D eigenvalue weighted by molar-refractivity contribution is 6.32. The lowest BCUT2D eigenvalue weighted by atomic mass is 10.1. The highest BCUT2D eigenvalue weighted by atomic mass is 35.5. The first-order valence-electron chi connectivity index (χ1n) is 13.0. The summed E-state index contributed by atoms with van der Waals surface area (Å²) in [6, 6.07) is 11.0. The van der Waals surface area contributed by atoms with E-state index in [0.29, 0.717) is 47.7 Å². The predicted molar refractivity (Wildman–Crippen MR) is 148 cm³/mol. The Morgan fingerprint density at radius 2 is 1.82 bits per heavy atom. The molecule has 39 heavy (non-hydrogen) atoms. The van der Waals surface area contributed by atoms with E-state index < -0.39 is 23.4 Å². The molecule has 1 aliphatic carbocycles. The van der Waals surface area contributed by atoms with Crippen molar-refractivity contribution < 1.29 is 9.59 Å². The largest absolute Gasteiger partial charge is 0.369 e. The lowest BCUT2D eigenvalue weighted by molar-refractivity contribution is -0.121. The normalized spacial score (nSPS) is 17.0. The quantitative estimate of drug-likeness (QED) is 0.500. The standard InChI is InChI=1S/C28H29ClN6O4/c1-16(2)34-24-8-7-20(11-22(24)26(37)33(28(34)39)14-17-3-4-17)35(21-6-5-18(13-30)23(29)12-21)27(38)32-10-9-19(15-32)25(31)36/h5-8,11-12,16-17,19H,3-4,9-10,14-15H2,1-2H3,(H2,31,36).